The van der Waals surface area contributed by atoms with E-state index in [0.29, 0.717) is 6.61 Å². The van der Waals surface area contributed by atoms with Crippen molar-refractivity contribution < 1.29 is 17.9 Å². The van der Waals surface area contributed by atoms with Crippen molar-refractivity contribution in [1.82, 2.24) is 5.32 Å². The van der Waals surface area contributed by atoms with E-state index in [4.69, 9.17) is 33.3 Å². The number of para-hydroxylation sites is 1. The van der Waals surface area contributed by atoms with Gasteiger partial charge in [-0.1, -0.05) is 18.2 Å². The normalized spacial score (nSPS) is 23.5. The first kappa shape index (κ1) is 16.3. The number of rotatable bonds is 5. The minimum Gasteiger partial charge on any atom is -0.490 e. The van der Waals surface area contributed by atoms with Crippen LogP contribution in [-0.4, -0.2) is 49.7 Å². The van der Waals surface area contributed by atoms with Gasteiger partial charge in [0.2, 0.25) is 0 Å². The van der Waals surface area contributed by atoms with Crippen molar-refractivity contribution in [2.45, 2.75) is 11.4 Å². The summed E-state index contributed by atoms with van der Waals surface area (Å²) in [6.07, 6.45) is 0. The highest BCUT2D eigenvalue weighted by molar-refractivity contribution is 7.91. The molecule has 1 aromatic carbocycles. The quantitative estimate of drug-likeness (QED) is 0.492. The van der Waals surface area contributed by atoms with Gasteiger partial charge in [-0.05, 0) is 24.4 Å². The van der Waals surface area contributed by atoms with Crippen molar-refractivity contribution in [2.24, 2.45) is 0 Å². The zero-order chi connectivity index (χ0) is 15.3. The molecule has 21 heavy (non-hydrogen) atoms. The Balaban J connectivity index is 1.66. The second-order valence-electron chi connectivity index (χ2n) is 4.64. The van der Waals surface area contributed by atoms with Crippen LogP contribution in [0.1, 0.15) is 0 Å². The largest absolute Gasteiger partial charge is 0.490 e. The molecular weight excluding hydrogens is 334 g/mol. The Kier molecular flexibility index (Phi) is 5.66. The van der Waals surface area contributed by atoms with Crippen LogP contribution in [0.4, 0.5) is 0 Å². The summed E-state index contributed by atoms with van der Waals surface area (Å²) in [5, 5.41) is 2.48. The first-order valence-electron chi connectivity index (χ1n) is 6.42. The van der Waals surface area contributed by atoms with E-state index < -0.39 is 21.3 Å². The molecule has 0 amide bonds. The van der Waals surface area contributed by atoms with E-state index in [1.807, 2.05) is 30.3 Å². The number of benzene rings is 1. The first-order valence-corrected chi connectivity index (χ1v) is 9.08. The summed E-state index contributed by atoms with van der Waals surface area (Å²) in [5.41, 5.74) is 0. The number of alkyl halides is 1. The lowest BCUT2D eigenvalue weighted by Crippen LogP contribution is -2.41. The lowest BCUT2D eigenvalue weighted by Gasteiger charge is -2.16. The predicted molar refractivity (Wildman–Crippen MR) is 85.7 cm³/mol. The van der Waals surface area contributed by atoms with E-state index in [1.54, 1.807) is 0 Å². The van der Waals surface area contributed by atoms with Gasteiger partial charge in [-0.2, -0.15) is 0 Å². The Morgan fingerprint density at radius 2 is 2.00 bits per heavy atom. The Morgan fingerprint density at radius 1 is 1.29 bits per heavy atom. The van der Waals surface area contributed by atoms with Gasteiger partial charge in [0.25, 0.3) is 5.17 Å². The molecule has 0 radical (unpaired) electrons. The van der Waals surface area contributed by atoms with Gasteiger partial charge in [-0.15, -0.1) is 11.6 Å². The van der Waals surface area contributed by atoms with Crippen molar-refractivity contribution in [3.05, 3.63) is 30.3 Å². The number of hydrogen-bond donors (Lipinski definition) is 1. The molecule has 0 aliphatic carbocycles. The molecule has 5 nitrogen and oxygen atoms in total. The number of halogens is 1. The molecule has 1 aromatic rings. The number of nitrogens with one attached hydrogen (secondary N) is 1. The zero-order valence-corrected chi connectivity index (χ0v) is 13.6. The van der Waals surface area contributed by atoms with E-state index in [9.17, 15) is 8.42 Å². The standard InChI is InChI=1S/C13H16ClNO4S2/c14-11-8-21(16,17)9-12(11)15-13(20)19-7-6-18-10-4-2-1-3-5-10/h1-5,11-12H,6-9H2,(H,15,20). The molecule has 2 unspecified atom stereocenters. The van der Waals surface area contributed by atoms with Gasteiger partial charge in [0.05, 0.1) is 22.9 Å². The minimum absolute atomic E-state index is 0.0226. The molecule has 0 saturated carbocycles. The van der Waals surface area contributed by atoms with Crippen LogP contribution in [0, 0.1) is 0 Å². The highest BCUT2D eigenvalue weighted by Crippen LogP contribution is 2.18. The van der Waals surface area contributed by atoms with E-state index in [2.05, 4.69) is 5.32 Å². The van der Waals surface area contributed by atoms with E-state index >= 15 is 0 Å². The fourth-order valence-electron chi connectivity index (χ4n) is 1.94. The van der Waals surface area contributed by atoms with Gasteiger partial charge in [0.15, 0.2) is 9.84 Å². The smallest absolute Gasteiger partial charge is 0.257 e. The van der Waals surface area contributed by atoms with Crippen molar-refractivity contribution in [1.29, 1.82) is 0 Å². The Hall–Kier alpha value is -1.05. The molecule has 1 saturated heterocycles. The Labute approximate surface area is 134 Å². The van der Waals surface area contributed by atoms with Gasteiger partial charge < -0.3 is 14.8 Å². The monoisotopic (exact) mass is 349 g/mol. The molecule has 1 aliphatic rings. The van der Waals surface area contributed by atoms with Gasteiger partial charge in [0, 0.05) is 0 Å². The summed E-state index contributed by atoms with van der Waals surface area (Å²) in [6.45, 7) is 0.617. The van der Waals surface area contributed by atoms with E-state index in [0.717, 1.165) is 5.75 Å². The number of ether oxygens (including phenoxy) is 2. The average molecular weight is 350 g/mol. The van der Waals surface area contributed by atoms with Gasteiger partial charge >= 0.3 is 0 Å². The highest BCUT2D eigenvalue weighted by Gasteiger charge is 2.36. The third kappa shape index (κ3) is 5.33. The molecule has 116 valence electrons. The average Bonchev–Trinajstić information content (AvgIpc) is 2.68. The van der Waals surface area contributed by atoms with E-state index in [1.165, 1.54) is 0 Å². The minimum atomic E-state index is -3.09. The molecule has 1 heterocycles. The van der Waals surface area contributed by atoms with Gasteiger partial charge in [-0.25, -0.2) is 8.42 Å². The summed E-state index contributed by atoms with van der Waals surface area (Å²) in [4.78, 5) is 0. The van der Waals surface area contributed by atoms with Crippen LogP contribution >= 0.6 is 23.8 Å². The van der Waals surface area contributed by atoms with Crippen LogP contribution in [-0.2, 0) is 14.6 Å². The second-order valence-corrected chi connectivity index (χ2v) is 7.73. The Bertz CT molecular complexity index is 579. The molecule has 8 heteroatoms. The lowest BCUT2D eigenvalue weighted by atomic mass is 10.3. The Morgan fingerprint density at radius 3 is 2.62 bits per heavy atom. The topological polar surface area (TPSA) is 64.6 Å². The molecule has 2 rings (SSSR count). The number of sulfone groups is 1. The third-order valence-electron chi connectivity index (χ3n) is 2.91. The SMILES string of the molecule is O=S1(=O)CC(Cl)C(NC(=S)OCCOc2ccccc2)C1. The maximum Gasteiger partial charge on any atom is 0.257 e. The second kappa shape index (κ2) is 7.29. The van der Waals surface area contributed by atoms with E-state index in [-0.39, 0.29) is 23.3 Å². The highest BCUT2D eigenvalue weighted by atomic mass is 35.5. The molecule has 1 aliphatic heterocycles. The molecule has 2 atom stereocenters. The van der Waals surface area contributed by atoms with Crippen LogP contribution in [0.25, 0.3) is 0 Å². The molecular formula is C13H16ClNO4S2. The molecule has 0 bridgehead atoms. The molecule has 0 aromatic heterocycles. The van der Waals surface area contributed by atoms with Crippen molar-refractivity contribution in [3.8, 4) is 5.75 Å². The van der Waals surface area contributed by atoms with Crippen LogP contribution in [0.2, 0.25) is 0 Å². The predicted octanol–water partition coefficient (Wildman–Crippen LogP) is 1.36. The fraction of sp³-hybridized carbons (Fsp3) is 0.462. The maximum atomic E-state index is 11.4. The number of hydrogen-bond acceptors (Lipinski definition) is 5. The summed E-state index contributed by atoms with van der Waals surface area (Å²) in [5.74, 6) is 0.694. The van der Waals surface area contributed by atoms with Gasteiger partial charge in [-0.3, -0.25) is 0 Å². The molecule has 0 spiro atoms. The summed E-state index contributed by atoms with van der Waals surface area (Å²) in [6, 6.07) is 8.95. The van der Waals surface area contributed by atoms with Crippen molar-refractivity contribution in [3.63, 3.8) is 0 Å². The lowest BCUT2D eigenvalue weighted by molar-refractivity contribution is 0.205. The third-order valence-corrected chi connectivity index (χ3v) is 5.53. The van der Waals surface area contributed by atoms with Crippen LogP contribution in [0.15, 0.2) is 30.3 Å². The van der Waals surface area contributed by atoms with Crippen molar-refractivity contribution in [2.75, 3.05) is 24.7 Å². The van der Waals surface area contributed by atoms with Gasteiger partial charge in [0.1, 0.15) is 19.0 Å². The zero-order valence-electron chi connectivity index (χ0n) is 11.2. The summed E-state index contributed by atoms with van der Waals surface area (Å²) >= 11 is 11.0. The van der Waals surface area contributed by atoms with Crippen LogP contribution in [0.5, 0.6) is 5.75 Å². The fourth-order valence-corrected chi connectivity index (χ4v) is 4.73. The summed E-state index contributed by atoms with van der Waals surface area (Å²) < 4.78 is 33.6. The molecule has 1 N–H and O–H groups in total. The summed E-state index contributed by atoms with van der Waals surface area (Å²) in [7, 11) is -3.09. The molecule has 1 fully saturated rings. The van der Waals surface area contributed by atoms with Crippen LogP contribution in [0.3, 0.4) is 0 Å². The maximum absolute atomic E-state index is 11.4. The first-order chi connectivity index (χ1) is 9.96. The van der Waals surface area contributed by atoms with Crippen molar-refractivity contribution >= 4 is 38.8 Å². The number of thiocarbonyl (C=S) groups is 1. The van der Waals surface area contributed by atoms with Crippen LogP contribution < -0.4 is 10.1 Å².